The number of rotatable bonds is 5. The third-order valence-corrected chi connectivity index (χ3v) is 6.83. The van der Waals surface area contributed by atoms with Crippen LogP contribution in [0.2, 0.25) is 0 Å². The lowest BCUT2D eigenvalue weighted by atomic mass is 9.88. The average Bonchev–Trinajstić information content (AvgIpc) is 3.09. The van der Waals surface area contributed by atoms with Gasteiger partial charge in [-0.2, -0.15) is 10.4 Å². The largest absolute Gasteiger partial charge is 0.311 e. The summed E-state index contributed by atoms with van der Waals surface area (Å²) in [5.41, 5.74) is 1.67. The van der Waals surface area contributed by atoms with Crippen LogP contribution in [0, 0.1) is 17.2 Å². The summed E-state index contributed by atoms with van der Waals surface area (Å²) < 4.78 is 1.38. The molecule has 1 aliphatic rings. The number of nitrogens with one attached hydrogen (secondary N) is 1. The zero-order valence-corrected chi connectivity index (χ0v) is 18.0. The first kappa shape index (κ1) is 20.3. The van der Waals surface area contributed by atoms with Gasteiger partial charge in [-0.05, 0) is 43.2 Å². The first-order chi connectivity index (χ1) is 14.5. The SMILES string of the molecule is CCCCn1nc(C(=O)Nc2sc3c(c2C#N)CCC(C)C3)c2ccccc2c1=O. The maximum absolute atomic E-state index is 13.2. The third-order valence-electron chi connectivity index (χ3n) is 5.66. The van der Waals surface area contributed by atoms with Crippen molar-refractivity contribution in [2.24, 2.45) is 5.92 Å². The highest BCUT2D eigenvalue weighted by atomic mass is 32.1. The fourth-order valence-electron chi connectivity index (χ4n) is 3.98. The highest BCUT2D eigenvalue weighted by Crippen LogP contribution is 2.39. The maximum Gasteiger partial charge on any atom is 0.277 e. The number of benzene rings is 1. The summed E-state index contributed by atoms with van der Waals surface area (Å²) >= 11 is 1.49. The molecule has 1 N–H and O–H groups in total. The lowest BCUT2D eigenvalue weighted by Crippen LogP contribution is -2.27. The van der Waals surface area contributed by atoms with Crippen molar-refractivity contribution in [3.63, 3.8) is 0 Å². The highest BCUT2D eigenvalue weighted by Gasteiger charge is 2.26. The Hall–Kier alpha value is -2.98. The Kier molecular flexibility index (Phi) is 5.69. The first-order valence-corrected chi connectivity index (χ1v) is 11.2. The van der Waals surface area contributed by atoms with Crippen molar-refractivity contribution in [1.82, 2.24) is 9.78 Å². The van der Waals surface area contributed by atoms with E-state index in [9.17, 15) is 14.9 Å². The monoisotopic (exact) mass is 420 g/mol. The fraction of sp³-hybridized carbons (Fsp3) is 0.391. The van der Waals surface area contributed by atoms with E-state index >= 15 is 0 Å². The second-order valence-electron chi connectivity index (χ2n) is 7.90. The number of anilines is 1. The van der Waals surface area contributed by atoms with Crippen molar-refractivity contribution in [2.75, 3.05) is 5.32 Å². The van der Waals surface area contributed by atoms with Gasteiger partial charge in [0.2, 0.25) is 0 Å². The third kappa shape index (κ3) is 3.63. The van der Waals surface area contributed by atoms with E-state index in [-0.39, 0.29) is 17.2 Å². The van der Waals surface area contributed by atoms with Crippen LogP contribution < -0.4 is 10.9 Å². The van der Waals surface area contributed by atoms with E-state index in [0.29, 0.717) is 33.8 Å². The van der Waals surface area contributed by atoms with Gasteiger partial charge in [-0.15, -0.1) is 11.3 Å². The Morgan fingerprint density at radius 3 is 2.87 bits per heavy atom. The number of nitriles is 1. The molecule has 2 aromatic heterocycles. The second-order valence-corrected chi connectivity index (χ2v) is 9.00. The minimum absolute atomic E-state index is 0.186. The fourth-order valence-corrected chi connectivity index (χ4v) is 5.34. The summed E-state index contributed by atoms with van der Waals surface area (Å²) in [5.74, 6) is 0.193. The molecule has 1 unspecified atom stereocenters. The number of carbonyl (C=O) groups is 1. The summed E-state index contributed by atoms with van der Waals surface area (Å²) in [7, 11) is 0. The van der Waals surface area contributed by atoms with Gasteiger partial charge in [-0.25, -0.2) is 4.68 Å². The molecule has 0 radical (unpaired) electrons. The van der Waals surface area contributed by atoms with Crippen molar-refractivity contribution < 1.29 is 4.79 Å². The van der Waals surface area contributed by atoms with Crippen LogP contribution in [0.5, 0.6) is 0 Å². The van der Waals surface area contributed by atoms with Crippen molar-refractivity contribution in [1.29, 1.82) is 5.26 Å². The van der Waals surface area contributed by atoms with Crippen molar-refractivity contribution in [2.45, 2.75) is 52.5 Å². The highest BCUT2D eigenvalue weighted by molar-refractivity contribution is 7.16. The Labute approximate surface area is 179 Å². The molecule has 154 valence electrons. The molecular weight excluding hydrogens is 396 g/mol. The number of thiophene rings is 1. The summed E-state index contributed by atoms with van der Waals surface area (Å²) in [4.78, 5) is 27.2. The van der Waals surface area contributed by atoms with Gasteiger partial charge in [0.1, 0.15) is 11.1 Å². The molecule has 1 aromatic carbocycles. The van der Waals surface area contributed by atoms with Crippen LogP contribution in [0.3, 0.4) is 0 Å². The van der Waals surface area contributed by atoms with E-state index in [4.69, 9.17) is 0 Å². The van der Waals surface area contributed by atoms with Gasteiger partial charge in [0, 0.05) is 16.8 Å². The lowest BCUT2D eigenvalue weighted by Gasteiger charge is -2.17. The molecule has 30 heavy (non-hydrogen) atoms. The molecule has 7 heteroatoms. The molecule has 1 aliphatic carbocycles. The summed E-state index contributed by atoms with van der Waals surface area (Å²) in [6.45, 7) is 4.72. The van der Waals surface area contributed by atoms with E-state index in [1.165, 1.54) is 20.9 Å². The van der Waals surface area contributed by atoms with Crippen LogP contribution in [0.4, 0.5) is 5.00 Å². The van der Waals surface area contributed by atoms with Gasteiger partial charge >= 0.3 is 0 Å². The number of nitrogens with zero attached hydrogens (tertiary/aromatic N) is 3. The Morgan fingerprint density at radius 1 is 1.37 bits per heavy atom. The maximum atomic E-state index is 13.2. The van der Waals surface area contributed by atoms with E-state index in [0.717, 1.165) is 37.7 Å². The van der Waals surface area contributed by atoms with Crippen molar-refractivity contribution in [3.8, 4) is 6.07 Å². The predicted octanol–water partition coefficient (Wildman–Crippen LogP) is 4.51. The molecule has 3 aromatic rings. The van der Waals surface area contributed by atoms with Gasteiger partial charge in [-0.3, -0.25) is 9.59 Å². The Bertz CT molecular complexity index is 1220. The van der Waals surface area contributed by atoms with Crippen molar-refractivity contribution >= 4 is 33.0 Å². The first-order valence-electron chi connectivity index (χ1n) is 10.4. The van der Waals surface area contributed by atoms with Crippen LogP contribution in [0.25, 0.3) is 10.8 Å². The standard InChI is InChI=1S/C23H24N4O2S/c1-3-4-11-27-23(29)17-8-6-5-7-16(17)20(26-27)21(28)25-22-18(13-24)15-10-9-14(2)12-19(15)30-22/h5-8,14H,3-4,9-12H2,1-2H3,(H,25,28). The van der Waals surface area contributed by atoms with Gasteiger partial charge in [0.15, 0.2) is 5.69 Å². The van der Waals surface area contributed by atoms with E-state index in [1.54, 1.807) is 24.3 Å². The van der Waals surface area contributed by atoms with Gasteiger partial charge in [-0.1, -0.05) is 38.5 Å². The van der Waals surface area contributed by atoms with Crippen molar-refractivity contribution in [3.05, 3.63) is 56.3 Å². The molecule has 6 nitrogen and oxygen atoms in total. The molecule has 1 amide bonds. The molecule has 0 fully saturated rings. The van der Waals surface area contributed by atoms with Gasteiger partial charge in [0.25, 0.3) is 11.5 Å². The van der Waals surface area contributed by atoms with Crippen LogP contribution in [-0.2, 0) is 19.4 Å². The van der Waals surface area contributed by atoms with E-state index in [1.807, 2.05) is 6.92 Å². The molecule has 0 bridgehead atoms. The minimum atomic E-state index is -0.389. The molecule has 2 heterocycles. The summed E-state index contributed by atoms with van der Waals surface area (Å²) in [6, 6.07) is 9.34. The van der Waals surface area contributed by atoms with Crippen LogP contribution in [0.15, 0.2) is 29.1 Å². The minimum Gasteiger partial charge on any atom is -0.311 e. The predicted molar refractivity (Wildman–Crippen MR) is 119 cm³/mol. The molecule has 0 aliphatic heterocycles. The lowest BCUT2D eigenvalue weighted by molar-refractivity contribution is 0.102. The van der Waals surface area contributed by atoms with Crippen LogP contribution in [-0.4, -0.2) is 15.7 Å². The number of unbranched alkanes of at least 4 members (excludes halogenated alkanes) is 1. The molecule has 0 spiro atoms. The normalized spacial score (nSPS) is 15.6. The number of fused-ring (bicyclic) bond motifs is 2. The van der Waals surface area contributed by atoms with Gasteiger partial charge in [0.05, 0.1) is 10.9 Å². The van der Waals surface area contributed by atoms with Crippen LogP contribution >= 0.6 is 11.3 Å². The number of aryl methyl sites for hydroxylation is 1. The number of hydrogen-bond donors (Lipinski definition) is 1. The summed E-state index contributed by atoms with van der Waals surface area (Å²) in [5, 5.41) is 18.6. The van der Waals surface area contributed by atoms with Gasteiger partial charge < -0.3 is 5.32 Å². The molecule has 4 rings (SSSR count). The molecule has 0 saturated carbocycles. The smallest absolute Gasteiger partial charge is 0.277 e. The number of aromatic nitrogens is 2. The zero-order chi connectivity index (χ0) is 21.3. The Balaban J connectivity index is 1.75. The Morgan fingerprint density at radius 2 is 2.13 bits per heavy atom. The number of amides is 1. The number of carbonyl (C=O) groups excluding carboxylic acids is 1. The average molecular weight is 421 g/mol. The number of hydrogen-bond acceptors (Lipinski definition) is 5. The second kappa shape index (κ2) is 8.41. The van der Waals surface area contributed by atoms with E-state index in [2.05, 4.69) is 23.4 Å². The molecule has 0 saturated heterocycles. The zero-order valence-electron chi connectivity index (χ0n) is 17.2. The van der Waals surface area contributed by atoms with E-state index < -0.39 is 0 Å². The quantitative estimate of drug-likeness (QED) is 0.658. The van der Waals surface area contributed by atoms with Crippen LogP contribution in [0.1, 0.15) is 59.6 Å². The molecule has 1 atom stereocenters. The molecular formula is C23H24N4O2S. The summed E-state index contributed by atoms with van der Waals surface area (Å²) in [6.07, 6.45) is 4.59. The topological polar surface area (TPSA) is 87.8 Å².